The quantitative estimate of drug-likeness (QED) is 0.741. The van der Waals surface area contributed by atoms with E-state index >= 15 is 0 Å². The Labute approximate surface area is 103 Å². The molecule has 4 heteroatoms. The molecule has 0 aliphatic carbocycles. The second-order valence-electron chi connectivity index (χ2n) is 3.91. The molecule has 1 aliphatic heterocycles. The predicted molar refractivity (Wildman–Crippen MR) is 66.2 cm³/mol. The molecule has 0 spiro atoms. The van der Waals surface area contributed by atoms with E-state index in [1.54, 1.807) is 12.3 Å². The Kier molecular flexibility index (Phi) is 3.39. The molecule has 1 aliphatic rings. The van der Waals surface area contributed by atoms with E-state index < -0.39 is 0 Å². The third-order valence-corrected chi connectivity index (χ3v) is 3.14. The summed E-state index contributed by atoms with van der Waals surface area (Å²) in [5.41, 5.74) is 1.86. The molecule has 1 aromatic rings. The highest BCUT2D eigenvalue weighted by Gasteiger charge is 2.18. The lowest BCUT2D eigenvalue weighted by Gasteiger charge is -2.25. The van der Waals surface area contributed by atoms with Crippen LogP contribution in [0.5, 0.6) is 0 Å². The van der Waals surface area contributed by atoms with Crippen LogP contribution in [0, 0.1) is 0 Å². The maximum absolute atomic E-state index is 12.0. The first-order valence-electron chi connectivity index (χ1n) is 5.23. The van der Waals surface area contributed by atoms with Crippen LogP contribution in [0.4, 0.5) is 0 Å². The highest BCUT2D eigenvalue weighted by atomic mass is 79.9. The minimum Gasteiger partial charge on any atom is -0.333 e. The number of aromatic nitrogens is 1. The summed E-state index contributed by atoms with van der Waals surface area (Å²) < 4.78 is 0.887. The first-order valence-corrected chi connectivity index (χ1v) is 6.02. The van der Waals surface area contributed by atoms with Gasteiger partial charge in [0, 0.05) is 23.8 Å². The van der Waals surface area contributed by atoms with Gasteiger partial charge in [-0.2, -0.15) is 0 Å². The van der Waals surface area contributed by atoms with Crippen molar-refractivity contribution in [1.29, 1.82) is 0 Å². The molecule has 0 fully saturated rings. The Morgan fingerprint density at radius 3 is 2.88 bits per heavy atom. The fraction of sp³-hybridized carbons (Fsp3) is 0.333. The Balaban J connectivity index is 2.11. The van der Waals surface area contributed by atoms with Gasteiger partial charge in [0.15, 0.2) is 0 Å². The Morgan fingerprint density at radius 1 is 1.50 bits per heavy atom. The third-order valence-electron chi connectivity index (χ3n) is 2.67. The van der Waals surface area contributed by atoms with Crippen LogP contribution in [-0.4, -0.2) is 28.9 Å². The number of rotatable bonds is 1. The lowest BCUT2D eigenvalue weighted by atomic mass is 10.1. The minimum atomic E-state index is 0.0104. The standard InChI is InChI=1S/C12H13BrN2O/c1-9-4-6-15(7-5-9)12(16)11-3-2-10(13)8-14-11/h2-4,8H,5-7H2,1H3. The summed E-state index contributed by atoms with van der Waals surface area (Å²) in [5, 5.41) is 0. The zero-order chi connectivity index (χ0) is 11.5. The van der Waals surface area contributed by atoms with Crippen molar-refractivity contribution in [3.8, 4) is 0 Å². The van der Waals surface area contributed by atoms with E-state index in [0.717, 1.165) is 17.4 Å². The maximum atomic E-state index is 12.0. The first-order chi connectivity index (χ1) is 7.66. The lowest BCUT2D eigenvalue weighted by molar-refractivity contribution is 0.0763. The van der Waals surface area contributed by atoms with Gasteiger partial charge in [-0.25, -0.2) is 4.98 Å². The van der Waals surface area contributed by atoms with Crippen LogP contribution in [0.25, 0.3) is 0 Å². The molecule has 0 saturated carbocycles. The van der Waals surface area contributed by atoms with Crippen LogP contribution in [-0.2, 0) is 0 Å². The lowest BCUT2D eigenvalue weighted by Crippen LogP contribution is -2.35. The van der Waals surface area contributed by atoms with Crippen molar-refractivity contribution in [1.82, 2.24) is 9.88 Å². The van der Waals surface area contributed by atoms with Crippen LogP contribution in [0.1, 0.15) is 23.8 Å². The average molecular weight is 281 g/mol. The van der Waals surface area contributed by atoms with Crippen molar-refractivity contribution in [3.63, 3.8) is 0 Å². The van der Waals surface area contributed by atoms with Gasteiger partial charge in [-0.05, 0) is 41.4 Å². The molecule has 0 bridgehead atoms. The van der Waals surface area contributed by atoms with Gasteiger partial charge < -0.3 is 4.90 Å². The molecular weight excluding hydrogens is 268 g/mol. The molecule has 2 rings (SSSR count). The predicted octanol–water partition coefficient (Wildman–Crippen LogP) is 2.64. The van der Waals surface area contributed by atoms with Crippen molar-refractivity contribution in [3.05, 3.63) is 40.1 Å². The van der Waals surface area contributed by atoms with E-state index in [1.165, 1.54) is 5.57 Å². The smallest absolute Gasteiger partial charge is 0.272 e. The van der Waals surface area contributed by atoms with Gasteiger partial charge in [0.1, 0.15) is 5.69 Å². The van der Waals surface area contributed by atoms with Gasteiger partial charge in [0.2, 0.25) is 0 Å². The van der Waals surface area contributed by atoms with Crippen molar-refractivity contribution < 1.29 is 4.79 Å². The summed E-state index contributed by atoms with van der Waals surface area (Å²) >= 11 is 3.30. The van der Waals surface area contributed by atoms with Crippen molar-refractivity contribution in [2.45, 2.75) is 13.3 Å². The van der Waals surface area contributed by atoms with Crippen LogP contribution in [0.15, 0.2) is 34.5 Å². The maximum Gasteiger partial charge on any atom is 0.272 e. The van der Waals surface area contributed by atoms with Gasteiger partial charge in [-0.1, -0.05) is 11.6 Å². The molecular formula is C12H13BrN2O. The fourth-order valence-electron chi connectivity index (χ4n) is 1.62. The third kappa shape index (κ3) is 2.50. The Bertz CT molecular complexity index is 425. The largest absolute Gasteiger partial charge is 0.333 e. The second-order valence-corrected chi connectivity index (χ2v) is 4.83. The summed E-state index contributed by atoms with van der Waals surface area (Å²) in [4.78, 5) is 18.0. The molecule has 0 aromatic carbocycles. The van der Waals surface area contributed by atoms with Crippen LogP contribution in [0.2, 0.25) is 0 Å². The summed E-state index contributed by atoms with van der Waals surface area (Å²) in [5.74, 6) is 0.0104. The summed E-state index contributed by atoms with van der Waals surface area (Å²) in [7, 11) is 0. The van der Waals surface area contributed by atoms with E-state index in [4.69, 9.17) is 0 Å². The van der Waals surface area contributed by atoms with Gasteiger partial charge in [0.05, 0.1) is 0 Å². The molecule has 16 heavy (non-hydrogen) atoms. The zero-order valence-electron chi connectivity index (χ0n) is 9.11. The van der Waals surface area contributed by atoms with Crippen LogP contribution < -0.4 is 0 Å². The van der Waals surface area contributed by atoms with Crippen LogP contribution in [0.3, 0.4) is 0 Å². The van der Waals surface area contributed by atoms with Gasteiger partial charge >= 0.3 is 0 Å². The SMILES string of the molecule is CC1=CCN(C(=O)c2ccc(Br)cn2)CC1. The topological polar surface area (TPSA) is 33.2 Å². The minimum absolute atomic E-state index is 0.0104. The number of carbonyl (C=O) groups excluding carboxylic acids is 1. The number of amides is 1. The summed E-state index contributed by atoms with van der Waals surface area (Å²) in [6.45, 7) is 3.58. The van der Waals surface area contributed by atoms with E-state index in [2.05, 4.69) is 33.9 Å². The number of nitrogens with zero attached hydrogens (tertiary/aromatic N) is 2. The molecule has 3 nitrogen and oxygen atoms in total. The van der Waals surface area contributed by atoms with E-state index in [-0.39, 0.29) is 5.91 Å². The van der Waals surface area contributed by atoms with Crippen molar-refractivity contribution >= 4 is 21.8 Å². The summed E-state index contributed by atoms with van der Waals surface area (Å²) in [6, 6.07) is 3.59. The molecule has 1 amide bonds. The molecule has 84 valence electrons. The Morgan fingerprint density at radius 2 is 2.31 bits per heavy atom. The van der Waals surface area contributed by atoms with E-state index in [1.807, 2.05) is 11.0 Å². The van der Waals surface area contributed by atoms with Crippen molar-refractivity contribution in [2.24, 2.45) is 0 Å². The van der Waals surface area contributed by atoms with E-state index in [9.17, 15) is 4.79 Å². The summed E-state index contributed by atoms with van der Waals surface area (Å²) in [6.07, 6.45) is 4.71. The number of halogens is 1. The molecule has 0 saturated heterocycles. The zero-order valence-corrected chi connectivity index (χ0v) is 10.7. The fourth-order valence-corrected chi connectivity index (χ4v) is 1.85. The molecule has 0 radical (unpaired) electrons. The van der Waals surface area contributed by atoms with Gasteiger partial charge in [-0.3, -0.25) is 4.79 Å². The average Bonchev–Trinajstić information content (AvgIpc) is 2.30. The molecule has 0 atom stereocenters. The number of hydrogen-bond acceptors (Lipinski definition) is 2. The first kappa shape index (κ1) is 11.3. The van der Waals surface area contributed by atoms with Crippen LogP contribution >= 0.6 is 15.9 Å². The normalized spacial score (nSPS) is 15.9. The molecule has 1 aromatic heterocycles. The number of pyridine rings is 1. The number of hydrogen-bond donors (Lipinski definition) is 0. The monoisotopic (exact) mass is 280 g/mol. The highest BCUT2D eigenvalue weighted by molar-refractivity contribution is 9.10. The van der Waals surface area contributed by atoms with Crippen molar-refractivity contribution in [2.75, 3.05) is 13.1 Å². The molecule has 0 N–H and O–H groups in total. The molecule has 2 heterocycles. The van der Waals surface area contributed by atoms with E-state index in [0.29, 0.717) is 12.2 Å². The van der Waals surface area contributed by atoms with Gasteiger partial charge in [0.25, 0.3) is 5.91 Å². The number of carbonyl (C=O) groups is 1. The Hall–Kier alpha value is -1.16. The second kappa shape index (κ2) is 4.78. The molecule has 0 unspecified atom stereocenters. The highest BCUT2D eigenvalue weighted by Crippen LogP contribution is 2.13. The van der Waals surface area contributed by atoms with Gasteiger partial charge in [-0.15, -0.1) is 0 Å².